The van der Waals surface area contributed by atoms with Gasteiger partial charge in [0.15, 0.2) is 0 Å². The van der Waals surface area contributed by atoms with E-state index in [4.69, 9.17) is 0 Å². The second kappa shape index (κ2) is 3.84. The molecule has 0 atom stereocenters. The summed E-state index contributed by atoms with van der Waals surface area (Å²) < 4.78 is 1.78. The smallest absolute Gasteiger partial charge is 0.254 e. The van der Waals surface area contributed by atoms with Gasteiger partial charge in [0.05, 0.1) is 5.69 Å². The molecule has 0 saturated heterocycles. The first-order chi connectivity index (χ1) is 8.25. The first-order valence-corrected chi connectivity index (χ1v) is 5.92. The van der Waals surface area contributed by atoms with Crippen LogP contribution in [0.1, 0.15) is 17.8 Å². The maximum absolute atomic E-state index is 11.9. The quantitative estimate of drug-likeness (QED) is 0.747. The highest BCUT2D eigenvalue weighted by Crippen LogP contribution is 2.21. The van der Waals surface area contributed by atoms with Crippen LogP contribution in [0.3, 0.4) is 0 Å². The molecule has 0 unspecified atom stereocenters. The molecule has 3 heteroatoms. The van der Waals surface area contributed by atoms with Crippen molar-refractivity contribution >= 4 is 0 Å². The molecule has 0 radical (unpaired) electrons. The second-order valence-electron chi connectivity index (χ2n) is 4.47. The topological polar surface area (TPSA) is 34.9 Å². The Balaban J connectivity index is 2.20. The van der Waals surface area contributed by atoms with Gasteiger partial charge in [-0.25, -0.2) is 4.98 Å². The van der Waals surface area contributed by atoms with Gasteiger partial charge in [0.2, 0.25) is 0 Å². The summed E-state index contributed by atoms with van der Waals surface area (Å²) >= 11 is 0. The van der Waals surface area contributed by atoms with Crippen molar-refractivity contribution in [2.24, 2.45) is 0 Å². The van der Waals surface area contributed by atoms with E-state index < -0.39 is 0 Å². The van der Waals surface area contributed by atoms with Crippen LogP contribution in [0.5, 0.6) is 0 Å². The molecular formula is C14H14N2O. The summed E-state index contributed by atoms with van der Waals surface area (Å²) in [7, 11) is 0. The number of aryl methyl sites for hydroxylation is 2. The molecular weight excluding hydrogens is 212 g/mol. The molecule has 0 spiro atoms. The van der Waals surface area contributed by atoms with E-state index in [0.717, 1.165) is 42.0 Å². The third-order valence-corrected chi connectivity index (χ3v) is 3.29. The highest BCUT2D eigenvalue weighted by molar-refractivity contribution is 5.62. The van der Waals surface area contributed by atoms with Gasteiger partial charge in [0.1, 0.15) is 5.82 Å². The predicted molar refractivity (Wildman–Crippen MR) is 67.0 cm³/mol. The van der Waals surface area contributed by atoms with Gasteiger partial charge in [0, 0.05) is 24.6 Å². The average Bonchev–Trinajstić information content (AvgIpc) is 2.78. The van der Waals surface area contributed by atoms with Gasteiger partial charge in [-0.15, -0.1) is 0 Å². The van der Waals surface area contributed by atoms with Crippen molar-refractivity contribution in [1.82, 2.24) is 9.55 Å². The molecule has 2 aromatic rings. The zero-order valence-corrected chi connectivity index (χ0v) is 9.81. The van der Waals surface area contributed by atoms with Crippen molar-refractivity contribution in [2.45, 2.75) is 26.3 Å². The molecule has 17 heavy (non-hydrogen) atoms. The number of benzene rings is 1. The minimum atomic E-state index is 0.0748. The lowest BCUT2D eigenvalue weighted by Crippen LogP contribution is -2.20. The number of aromatic nitrogens is 2. The fourth-order valence-electron chi connectivity index (χ4n) is 2.38. The van der Waals surface area contributed by atoms with Crippen molar-refractivity contribution in [3.8, 4) is 11.3 Å². The first-order valence-electron chi connectivity index (χ1n) is 5.92. The molecule has 0 saturated carbocycles. The van der Waals surface area contributed by atoms with E-state index in [-0.39, 0.29) is 5.56 Å². The molecule has 0 bridgehead atoms. The van der Waals surface area contributed by atoms with E-state index in [9.17, 15) is 4.79 Å². The van der Waals surface area contributed by atoms with Crippen LogP contribution in [0.2, 0.25) is 0 Å². The minimum absolute atomic E-state index is 0.0748. The summed E-state index contributed by atoms with van der Waals surface area (Å²) in [6.07, 6.45) is 1.94. The molecule has 0 fully saturated rings. The molecule has 1 aromatic heterocycles. The summed E-state index contributed by atoms with van der Waals surface area (Å²) in [5, 5.41) is 0. The first kappa shape index (κ1) is 10.3. The third-order valence-electron chi connectivity index (χ3n) is 3.29. The van der Waals surface area contributed by atoms with Gasteiger partial charge >= 0.3 is 0 Å². The Morgan fingerprint density at radius 2 is 2.12 bits per heavy atom. The molecule has 1 aromatic carbocycles. The van der Waals surface area contributed by atoms with Gasteiger partial charge in [-0.05, 0) is 18.9 Å². The summed E-state index contributed by atoms with van der Waals surface area (Å²) in [4.78, 5) is 16.5. The fourth-order valence-corrected chi connectivity index (χ4v) is 2.38. The third kappa shape index (κ3) is 1.68. The van der Waals surface area contributed by atoms with Gasteiger partial charge in [0.25, 0.3) is 5.56 Å². The molecule has 2 heterocycles. The number of hydrogen-bond acceptors (Lipinski definition) is 2. The van der Waals surface area contributed by atoms with Crippen LogP contribution in [0.4, 0.5) is 0 Å². The van der Waals surface area contributed by atoms with Crippen LogP contribution in [0.25, 0.3) is 11.3 Å². The second-order valence-corrected chi connectivity index (χ2v) is 4.47. The SMILES string of the molecule is Cc1ccccc1-c1cc(=O)n2c(n1)CCC2. The summed E-state index contributed by atoms with van der Waals surface area (Å²) in [6.45, 7) is 2.86. The van der Waals surface area contributed by atoms with Crippen molar-refractivity contribution < 1.29 is 0 Å². The van der Waals surface area contributed by atoms with Crippen LogP contribution in [0, 0.1) is 6.92 Å². The van der Waals surface area contributed by atoms with E-state index in [1.807, 2.05) is 31.2 Å². The van der Waals surface area contributed by atoms with Crippen LogP contribution >= 0.6 is 0 Å². The Labute approximate surface area is 99.8 Å². The molecule has 86 valence electrons. The van der Waals surface area contributed by atoms with E-state index in [2.05, 4.69) is 4.98 Å². The number of rotatable bonds is 1. The molecule has 3 rings (SSSR count). The number of nitrogens with zero attached hydrogens (tertiary/aromatic N) is 2. The molecule has 0 aliphatic carbocycles. The van der Waals surface area contributed by atoms with Crippen LogP contribution in [-0.4, -0.2) is 9.55 Å². The monoisotopic (exact) mass is 226 g/mol. The molecule has 0 amide bonds. The number of hydrogen-bond donors (Lipinski definition) is 0. The van der Waals surface area contributed by atoms with E-state index in [1.54, 1.807) is 10.6 Å². The van der Waals surface area contributed by atoms with Gasteiger partial charge < -0.3 is 0 Å². The highest BCUT2D eigenvalue weighted by Gasteiger charge is 2.15. The zero-order valence-electron chi connectivity index (χ0n) is 9.81. The lowest BCUT2D eigenvalue weighted by atomic mass is 10.1. The zero-order chi connectivity index (χ0) is 11.8. The molecule has 1 aliphatic rings. The van der Waals surface area contributed by atoms with Crippen LogP contribution < -0.4 is 5.56 Å². The van der Waals surface area contributed by atoms with Crippen molar-refractivity contribution in [2.75, 3.05) is 0 Å². The molecule has 1 aliphatic heterocycles. The normalized spacial score (nSPS) is 13.7. The Kier molecular flexibility index (Phi) is 2.32. The standard InChI is InChI=1S/C14H14N2O/c1-10-5-2-3-6-11(10)12-9-14(17)16-8-4-7-13(16)15-12/h2-3,5-6,9H,4,7-8H2,1H3. The fraction of sp³-hybridized carbons (Fsp3) is 0.286. The highest BCUT2D eigenvalue weighted by atomic mass is 16.1. The van der Waals surface area contributed by atoms with Gasteiger partial charge in [-0.2, -0.15) is 0 Å². The summed E-state index contributed by atoms with van der Waals surface area (Å²) in [5.41, 5.74) is 3.09. The average molecular weight is 226 g/mol. The Hall–Kier alpha value is -1.90. The summed E-state index contributed by atoms with van der Waals surface area (Å²) in [5.74, 6) is 0.927. The maximum Gasteiger partial charge on any atom is 0.254 e. The minimum Gasteiger partial charge on any atom is -0.297 e. The van der Waals surface area contributed by atoms with Crippen molar-refractivity contribution in [3.05, 3.63) is 52.1 Å². The van der Waals surface area contributed by atoms with Crippen LogP contribution in [-0.2, 0) is 13.0 Å². The van der Waals surface area contributed by atoms with Crippen LogP contribution in [0.15, 0.2) is 35.1 Å². The molecule has 0 N–H and O–H groups in total. The Morgan fingerprint density at radius 3 is 2.94 bits per heavy atom. The Bertz CT molecular complexity index is 628. The van der Waals surface area contributed by atoms with Gasteiger partial charge in [-0.1, -0.05) is 24.3 Å². The lowest BCUT2D eigenvalue weighted by Gasteiger charge is -2.07. The van der Waals surface area contributed by atoms with E-state index >= 15 is 0 Å². The molecule has 3 nitrogen and oxygen atoms in total. The predicted octanol–water partition coefficient (Wildman–Crippen LogP) is 2.16. The van der Waals surface area contributed by atoms with E-state index in [1.165, 1.54) is 0 Å². The van der Waals surface area contributed by atoms with Gasteiger partial charge in [-0.3, -0.25) is 9.36 Å². The van der Waals surface area contributed by atoms with Crippen molar-refractivity contribution in [1.29, 1.82) is 0 Å². The maximum atomic E-state index is 11.9. The summed E-state index contributed by atoms with van der Waals surface area (Å²) in [6, 6.07) is 9.69. The van der Waals surface area contributed by atoms with E-state index in [0.29, 0.717) is 0 Å². The van der Waals surface area contributed by atoms with Crippen molar-refractivity contribution in [3.63, 3.8) is 0 Å². The largest absolute Gasteiger partial charge is 0.297 e. The number of fused-ring (bicyclic) bond motifs is 1. The Morgan fingerprint density at radius 1 is 1.29 bits per heavy atom. The lowest BCUT2D eigenvalue weighted by molar-refractivity contribution is 0.712.